The summed E-state index contributed by atoms with van der Waals surface area (Å²) in [4.78, 5) is 0. The standard InChI is InChI=1S/C10H19NO3.ClH/c1-12-7-8-14-10-4-2-3-9(10,11)5-6-13-10;/h2-8,11H2,1H3;1H/t9-,10-;/m1./s1. The van der Waals surface area contributed by atoms with Crippen molar-refractivity contribution in [1.29, 1.82) is 0 Å². The first-order valence-electron chi connectivity index (χ1n) is 5.28. The van der Waals surface area contributed by atoms with E-state index in [1.54, 1.807) is 7.11 Å². The second kappa shape index (κ2) is 4.97. The molecule has 1 aliphatic heterocycles. The Morgan fingerprint density at radius 2 is 2.07 bits per heavy atom. The highest BCUT2D eigenvalue weighted by Crippen LogP contribution is 2.47. The summed E-state index contributed by atoms with van der Waals surface area (Å²) in [6.07, 6.45) is 3.96. The van der Waals surface area contributed by atoms with Gasteiger partial charge in [-0.3, -0.25) is 0 Å². The van der Waals surface area contributed by atoms with E-state index in [1.807, 2.05) is 0 Å². The number of hydrogen-bond donors (Lipinski definition) is 1. The van der Waals surface area contributed by atoms with E-state index in [-0.39, 0.29) is 17.9 Å². The molecule has 15 heavy (non-hydrogen) atoms. The summed E-state index contributed by atoms with van der Waals surface area (Å²) >= 11 is 0. The molecule has 0 aromatic rings. The van der Waals surface area contributed by atoms with E-state index in [2.05, 4.69) is 0 Å². The maximum absolute atomic E-state index is 6.29. The lowest BCUT2D eigenvalue weighted by molar-refractivity contribution is -0.230. The van der Waals surface area contributed by atoms with Crippen LogP contribution in [0, 0.1) is 0 Å². The fraction of sp³-hybridized carbons (Fsp3) is 1.00. The number of fused-ring (bicyclic) bond motifs is 1. The molecule has 1 saturated heterocycles. The van der Waals surface area contributed by atoms with Crippen LogP contribution in [0.15, 0.2) is 0 Å². The summed E-state index contributed by atoms with van der Waals surface area (Å²) in [5.74, 6) is -0.508. The topological polar surface area (TPSA) is 53.7 Å². The van der Waals surface area contributed by atoms with Crippen LogP contribution in [0.4, 0.5) is 0 Å². The zero-order valence-electron chi connectivity index (χ0n) is 9.16. The van der Waals surface area contributed by atoms with Gasteiger partial charge in [0.2, 0.25) is 0 Å². The highest BCUT2D eigenvalue weighted by molar-refractivity contribution is 5.85. The highest BCUT2D eigenvalue weighted by Gasteiger charge is 2.58. The Balaban J connectivity index is 0.00000112. The Bertz CT molecular complexity index is 203. The van der Waals surface area contributed by atoms with Gasteiger partial charge < -0.3 is 19.9 Å². The molecule has 2 aliphatic rings. The van der Waals surface area contributed by atoms with Crippen molar-refractivity contribution in [3.05, 3.63) is 0 Å². The van der Waals surface area contributed by atoms with Crippen LogP contribution in [0.5, 0.6) is 0 Å². The first-order valence-corrected chi connectivity index (χ1v) is 5.28. The lowest BCUT2D eigenvalue weighted by Crippen LogP contribution is -2.55. The van der Waals surface area contributed by atoms with Gasteiger partial charge in [0.05, 0.1) is 25.4 Å². The average molecular weight is 238 g/mol. The van der Waals surface area contributed by atoms with Gasteiger partial charge in [0.15, 0.2) is 5.79 Å². The summed E-state index contributed by atoms with van der Waals surface area (Å²) in [5.41, 5.74) is 6.04. The van der Waals surface area contributed by atoms with E-state index >= 15 is 0 Å². The monoisotopic (exact) mass is 237 g/mol. The van der Waals surface area contributed by atoms with Crippen LogP contribution in [0.2, 0.25) is 0 Å². The molecule has 1 aliphatic carbocycles. The molecule has 0 aromatic heterocycles. The molecule has 0 bridgehead atoms. The Morgan fingerprint density at radius 1 is 1.27 bits per heavy atom. The Labute approximate surface area is 96.8 Å². The number of hydrogen-bond acceptors (Lipinski definition) is 4. The van der Waals surface area contributed by atoms with Crippen LogP contribution in [0.25, 0.3) is 0 Å². The molecule has 2 rings (SSSR count). The number of ether oxygens (including phenoxy) is 3. The fourth-order valence-corrected chi connectivity index (χ4v) is 2.55. The van der Waals surface area contributed by atoms with E-state index < -0.39 is 5.79 Å². The molecule has 90 valence electrons. The van der Waals surface area contributed by atoms with Crippen LogP contribution in [-0.2, 0) is 14.2 Å². The molecule has 5 heteroatoms. The van der Waals surface area contributed by atoms with Gasteiger partial charge in [0.1, 0.15) is 0 Å². The predicted molar refractivity (Wildman–Crippen MR) is 59.1 cm³/mol. The van der Waals surface area contributed by atoms with E-state index in [4.69, 9.17) is 19.9 Å². The molecule has 4 nitrogen and oxygen atoms in total. The van der Waals surface area contributed by atoms with E-state index in [9.17, 15) is 0 Å². The molecular weight excluding hydrogens is 218 g/mol. The number of rotatable bonds is 4. The minimum atomic E-state index is -0.508. The van der Waals surface area contributed by atoms with Gasteiger partial charge in [-0.25, -0.2) is 0 Å². The van der Waals surface area contributed by atoms with Crippen LogP contribution >= 0.6 is 12.4 Å². The molecule has 0 radical (unpaired) electrons. The van der Waals surface area contributed by atoms with Crippen molar-refractivity contribution in [2.45, 2.75) is 37.0 Å². The second-order valence-electron chi connectivity index (χ2n) is 4.20. The number of nitrogens with two attached hydrogens (primary N) is 1. The lowest BCUT2D eigenvalue weighted by Gasteiger charge is -2.35. The largest absolute Gasteiger partial charge is 0.382 e. The van der Waals surface area contributed by atoms with Crippen molar-refractivity contribution in [2.24, 2.45) is 5.73 Å². The van der Waals surface area contributed by atoms with Crippen LogP contribution in [-0.4, -0.2) is 38.3 Å². The minimum Gasteiger partial charge on any atom is -0.382 e. The first kappa shape index (κ1) is 13.2. The first-order chi connectivity index (χ1) is 6.72. The lowest BCUT2D eigenvalue weighted by atomic mass is 9.92. The van der Waals surface area contributed by atoms with Crippen molar-refractivity contribution in [3.8, 4) is 0 Å². The number of halogens is 1. The molecular formula is C10H20ClNO3. The fourth-order valence-electron chi connectivity index (χ4n) is 2.55. The Hall–Kier alpha value is 0.130. The van der Waals surface area contributed by atoms with Gasteiger partial charge in [-0.2, -0.15) is 0 Å². The average Bonchev–Trinajstić information content (AvgIpc) is 2.58. The quantitative estimate of drug-likeness (QED) is 0.744. The van der Waals surface area contributed by atoms with Crippen molar-refractivity contribution < 1.29 is 14.2 Å². The number of methoxy groups -OCH3 is 1. The zero-order chi connectivity index (χ0) is 10.1. The van der Waals surface area contributed by atoms with Gasteiger partial charge in [-0.15, -0.1) is 12.4 Å². The normalized spacial score (nSPS) is 38.8. The van der Waals surface area contributed by atoms with E-state index in [0.29, 0.717) is 13.2 Å². The SMILES string of the molecule is COCCO[C@]12CCC[C@@]1(N)CCO2.Cl. The van der Waals surface area contributed by atoms with Gasteiger partial charge in [0, 0.05) is 13.5 Å². The molecule has 0 amide bonds. The second-order valence-corrected chi connectivity index (χ2v) is 4.20. The highest BCUT2D eigenvalue weighted by atomic mass is 35.5. The van der Waals surface area contributed by atoms with E-state index in [0.717, 1.165) is 32.3 Å². The molecule has 0 spiro atoms. The maximum Gasteiger partial charge on any atom is 0.186 e. The van der Waals surface area contributed by atoms with Crippen molar-refractivity contribution >= 4 is 12.4 Å². The smallest absolute Gasteiger partial charge is 0.186 e. The van der Waals surface area contributed by atoms with Crippen molar-refractivity contribution in [3.63, 3.8) is 0 Å². The molecule has 1 heterocycles. The van der Waals surface area contributed by atoms with Crippen LogP contribution < -0.4 is 5.73 Å². The maximum atomic E-state index is 6.29. The predicted octanol–water partition coefficient (Wildman–Crippen LogP) is 1.07. The third kappa shape index (κ3) is 2.15. The summed E-state index contributed by atoms with van der Waals surface area (Å²) in [6, 6.07) is 0. The third-order valence-electron chi connectivity index (χ3n) is 3.39. The van der Waals surface area contributed by atoms with E-state index in [1.165, 1.54) is 0 Å². The molecule has 2 N–H and O–H groups in total. The molecule has 0 aromatic carbocycles. The van der Waals surface area contributed by atoms with Crippen molar-refractivity contribution in [1.82, 2.24) is 0 Å². The summed E-state index contributed by atoms with van der Waals surface area (Å²) < 4.78 is 16.5. The Kier molecular flexibility index (Phi) is 4.38. The van der Waals surface area contributed by atoms with Gasteiger partial charge in [-0.1, -0.05) is 0 Å². The zero-order valence-corrected chi connectivity index (χ0v) is 9.98. The summed E-state index contributed by atoms with van der Waals surface area (Å²) in [7, 11) is 1.67. The van der Waals surface area contributed by atoms with Crippen LogP contribution in [0.3, 0.4) is 0 Å². The van der Waals surface area contributed by atoms with Crippen LogP contribution in [0.1, 0.15) is 25.7 Å². The molecule has 1 saturated carbocycles. The summed E-state index contributed by atoms with van der Waals surface area (Å²) in [5, 5.41) is 0. The minimum absolute atomic E-state index is 0. The van der Waals surface area contributed by atoms with Gasteiger partial charge in [0.25, 0.3) is 0 Å². The van der Waals surface area contributed by atoms with Gasteiger partial charge in [-0.05, 0) is 19.3 Å². The van der Waals surface area contributed by atoms with Gasteiger partial charge >= 0.3 is 0 Å². The molecule has 2 atom stereocenters. The third-order valence-corrected chi connectivity index (χ3v) is 3.39. The molecule has 0 unspecified atom stereocenters. The Morgan fingerprint density at radius 3 is 2.80 bits per heavy atom. The summed E-state index contributed by atoms with van der Waals surface area (Å²) in [6.45, 7) is 1.89. The molecule has 2 fully saturated rings. The van der Waals surface area contributed by atoms with Crippen molar-refractivity contribution in [2.75, 3.05) is 26.9 Å².